The second kappa shape index (κ2) is 7.26. The molecule has 0 aliphatic heterocycles. The molecule has 4 atom stereocenters. The second-order valence-corrected chi connectivity index (χ2v) is 7.05. The van der Waals surface area contributed by atoms with Crippen LogP contribution < -0.4 is 15.7 Å². The average molecular weight is 376 g/mol. The highest BCUT2D eigenvalue weighted by atomic mass is 16.4. The van der Waals surface area contributed by atoms with Gasteiger partial charge in [-0.1, -0.05) is 18.2 Å². The molecular formula is C21H18N3O4-. The summed E-state index contributed by atoms with van der Waals surface area (Å²) >= 11 is 0. The van der Waals surface area contributed by atoms with E-state index >= 15 is 0 Å². The van der Waals surface area contributed by atoms with Crippen molar-refractivity contribution in [2.75, 3.05) is 10.6 Å². The molecule has 2 aliphatic carbocycles. The molecule has 2 aliphatic rings. The minimum atomic E-state index is -1.18. The SMILES string of the molecule is O=C(Nc1ccccn1)c1ccc(NC(=O)[C@H]2[C@@H](C(=O)[O-])[C@H]3C=C[C@@H]2C3)cc1. The Kier molecular flexibility index (Phi) is 4.65. The number of carbonyl (C=O) groups is 3. The third-order valence-electron chi connectivity index (χ3n) is 5.36. The summed E-state index contributed by atoms with van der Waals surface area (Å²) in [4.78, 5) is 40.4. The fourth-order valence-corrected chi connectivity index (χ4v) is 4.06. The lowest BCUT2D eigenvalue weighted by Crippen LogP contribution is -2.42. The fraction of sp³-hybridized carbons (Fsp3) is 0.238. The van der Waals surface area contributed by atoms with Crippen molar-refractivity contribution in [3.8, 4) is 0 Å². The number of benzene rings is 1. The van der Waals surface area contributed by atoms with Crippen LogP contribution in [-0.2, 0) is 9.59 Å². The molecule has 2 bridgehead atoms. The van der Waals surface area contributed by atoms with Gasteiger partial charge in [0.2, 0.25) is 5.91 Å². The molecule has 0 unspecified atom stereocenters. The van der Waals surface area contributed by atoms with E-state index in [0.717, 1.165) is 0 Å². The van der Waals surface area contributed by atoms with Crippen molar-refractivity contribution in [3.05, 3.63) is 66.4 Å². The fourth-order valence-electron chi connectivity index (χ4n) is 4.06. The van der Waals surface area contributed by atoms with E-state index < -0.39 is 17.8 Å². The number of nitrogens with one attached hydrogen (secondary N) is 2. The number of aromatic nitrogens is 1. The molecule has 142 valence electrons. The molecule has 1 aromatic heterocycles. The minimum absolute atomic E-state index is 0.0728. The Morgan fingerprint density at radius 3 is 2.29 bits per heavy atom. The van der Waals surface area contributed by atoms with Crippen molar-refractivity contribution in [2.45, 2.75) is 6.42 Å². The first-order chi connectivity index (χ1) is 13.5. The summed E-state index contributed by atoms with van der Waals surface area (Å²) in [6, 6.07) is 11.6. The zero-order chi connectivity index (χ0) is 19.7. The number of aliphatic carboxylic acids is 1. The maximum atomic E-state index is 12.7. The normalized spacial score (nSPS) is 24.7. The van der Waals surface area contributed by atoms with Crippen molar-refractivity contribution in [3.63, 3.8) is 0 Å². The summed E-state index contributed by atoms with van der Waals surface area (Å²) in [5, 5.41) is 16.9. The lowest BCUT2D eigenvalue weighted by molar-refractivity contribution is -0.313. The van der Waals surface area contributed by atoms with E-state index in [0.29, 0.717) is 23.5 Å². The predicted octanol–water partition coefficient (Wildman–Crippen LogP) is 1.46. The lowest BCUT2D eigenvalue weighted by Gasteiger charge is -2.27. The summed E-state index contributed by atoms with van der Waals surface area (Å²) in [7, 11) is 0. The number of nitrogens with zero attached hydrogens (tertiary/aromatic N) is 1. The van der Waals surface area contributed by atoms with Crippen LogP contribution in [0.1, 0.15) is 16.8 Å². The molecule has 1 saturated carbocycles. The standard InChI is InChI=1S/C21H19N3O4/c25-19(24-16-3-1-2-10-22-16)12-6-8-15(9-7-12)23-20(26)17-13-4-5-14(11-13)18(17)21(27)28/h1-10,13-14,17-18H,11H2,(H,23,26)(H,27,28)(H,22,24,25)/p-1/t13-,14+,17-,18+/m1/s1. The van der Waals surface area contributed by atoms with Crippen molar-refractivity contribution in [2.24, 2.45) is 23.7 Å². The number of allylic oxidation sites excluding steroid dienone is 2. The number of carboxylic acids is 1. The van der Waals surface area contributed by atoms with Crippen LogP contribution in [0.3, 0.4) is 0 Å². The predicted molar refractivity (Wildman–Crippen MR) is 100.0 cm³/mol. The van der Waals surface area contributed by atoms with Gasteiger partial charge >= 0.3 is 0 Å². The lowest BCUT2D eigenvalue weighted by atomic mass is 9.82. The topological polar surface area (TPSA) is 111 Å². The molecule has 0 spiro atoms. The molecular weight excluding hydrogens is 358 g/mol. The van der Waals surface area contributed by atoms with Gasteiger partial charge in [0.1, 0.15) is 5.82 Å². The van der Waals surface area contributed by atoms with Gasteiger partial charge in [0.25, 0.3) is 5.91 Å². The van der Waals surface area contributed by atoms with Gasteiger partial charge < -0.3 is 20.5 Å². The van der Waals surface area contributed by atoms with Crippen molar-refractivity contribution < 1.29 is 19.5 Å². The van der Waals surface area contributed by atoms with Crippen LogP contribution in [0.5, 0.6) is 0 Å². The van der Waals surface area contributed by atoms with Gasteiger partial charge in [0.15, 0.2) is 0 Å². The number of hydrogen-bond donors (Lipinski definition) is 2. The Balaban J connectivity index is 1.42. The van der Waals surface area contributed by atoms with Crippen molar-refractivity contribution in [1.82, 2.24) is 4.98 Å². The molecule has 4 rings (SSSR count). The molecule has 0 radical (unpaired) electrons. The first-order valence-electron chi connectivity index (χ1n) is 9.05. The Morgan fingerprint density at radius 2 is 1.64 bits per heavy atom. The third-order valence-corrected chi connectivity index (χ3v) is 5.36. The molecule has 1 heterocycles. The summed E-state index contributed by atoms with van der Waals surface area (Å²) in [5.74, 6) is -3.02. The van der Waals surface area contributed by atoms with E-state index in [2.05, 4.69) is 15.6 Å². The van der Waals surface area contributed by atoms with E-state index in [1.54, 1.807) is 48.7 Å². The van der Waals surface area contributed by atoms with Crippen LogP contribution in [0.4, 0.5) is 11.5 Å². The average Bonchev–Trinajstić information content (AvgIpc) is 3.31. The number of carboxylic acid groups (broad SMARTS) is 1. The Bertz CT molecular complexity index is 940. The number of anilines is 2. The van der Waals surface area contributed by atoms with E-state index in [1.165, 1.54) is 0 Å². The molecule has 7 heteroatoms. The van der Waals surface area contributed by atoms with Gasteiger partial charge in [-0.05, 0) is 54.7 Å². The monoisotopic (exact) mass is 376 g/mol. The summed E-state index contributed by atoms with van der Waals surface area (Å²) in [6.07, 6.45) is 6.03. The quantitative estimate of drug-likeness (QED) is 0.768. The van der Waals surface area contributed by atoms with Crippen LogP contribution in [0.25, 0.3) is 0 Å². The number of rotatable bonds is 5. The first-order valence-corrected chi connectivity index (χ1v) is 9.05. The van der Waals surface area contributed by atoms with Crippen LogP contribution in [0, 0.1) is 23.7 Å². The van der Waals surface area contributed by atoms with Gasteiger partial charge in [-0.15, -0.1) is 0 Å². The number of pyridine rings is 1. The van der Waals surface area contributed by atoms with E-state index in [9.17, 15) is 19.5 Å². The maximum absolute atomic E-state index is 12.7. The zero-order valence-corrected chi connectivity index (χ0v) is 14.9. The molecule has 7 nitrogen and oxygen atoms in total. The van der Waals surface area contributed by atoms with E-state index in [4.69, 9.17) is 0 Å². The van der Waals surface area contributed by atoms with Gasteiger partial charge in [0, 0.05) is 29.3 Å². The van der Waals surface area contributed by atoms with Crippen LogP contribution in [0.15, 0.2) is 60.8 Å². The number of amides is 2. The number of carbonyl (C=O) groups excluding carboxylic acids is 3. The highest BCUT2D eigenvalue weighted by molar-refractivity contribution is 6.04. The maximum Gasteiger partial charge on any atom is 0.256 e. The van der Waals surface area contributed by atoms with Gasteiger partial charge in [-0.25, -0.2) is 4.98 Å². The van der Waals surface area contributed by atoms with Crippen molar-refractivity contribution >= 4 is 29.3 Å². The van der Waals surface area contributed by atoms with Crippen LogP contribution >= 0.6 is 0 Å². The van der Waals surface area contributed by atoms with E-state index in [1.807, 2.05) is 12.2 Å². The molecule has 0 saturated heterocycles. The van der Waals surface area contributed by atoms with Crippen molar-refractivity contribution in [1.29, 1.82) is 0 Å². The summed E-state index contributed by atoms with van der Waals surface area (Å²) < 4.78 is 0. The zero-order valence-electron chi connectivity index (χ0n) is 14.9. The summed E-state index contributed by atoms with van der Waals surface area (Å²) in [5.41, 5.74) is 0.919. The first kappa shape index (κ1) is 17.9. The summed E-state index contributed by atoms with van der Waals surface area (Å²) in [6.45, 7) is 0. The Labute approximate surface area is 161 Å². The van der Waals surface area contributed by atoms with Crippen LogP contribution in [-0.4, -0.2) is 22.8 Å². The van der Waals surface area contributed by atoms with Gasteiger partial charge in [0.05, 0.1) is 5.92 Å². The largest absolute Gasteiger partial charge is 0.550 e. The second-order valence-electron chi connectivity index (χ2n) is 7.05. The Morgan fingerprint density at radius 1 is 0.929 bits per heavy atom. The molecule has 1 fully saturated rings. The molecule has 28 heavy (non-hydrogen) atoms. The number of hydrogen-bond acceptors (Lipinski definition) is 5. The highest BCUT2D eigenvalue weighted by Crippen LogP contribution is 2.48. The Hall–Kier alpha value is -3.48. The molecule has 1 aromatic carbocycles. The third kappa shape index (κ3) is 3.38. The molecule has 2 amide bonds. The van der Waals surface area contributed by atoms with Gasteiger partial charge in [-0.2, -0.15) is 0 Å². The molecule has 2 N–H and O–H groups in total. The molecule has 2 aromatic rings. The number of fused-ring (bicyclic) bond motifs is 2. The smallest absolute Gasteiger partial charge is 0.256 e. The highest BCUT2D eigenvalue weighted by Gasteiger charge is 2.48. The van der Waals surface area contributed by atoms with Crippen LogP contribution in [0.2, 0.25) is 0 Å². The van der Waals surface area contributed by atoms with Gasteiger partial charge in [-0.3, -0.25) is 9.59 Å². The van der Waals surface area contributed by atoms with E-state index in [-0.39, 0.29) is 23.7 Å². The minimum Gasteiger partial charge on any atom is -0.550 e.